The molecule has 1 spiro atoms. The third-order valence-electron chi connectivity index (χ3n) is 12.0. The molecule has 16 atom stereocenters. The van der Waals surface area contributed by atoms with E-state index in [4.69, 9.17) is 37.9 Å². The fourth-order valence-electron chi connectivity index (χ4n) is 9.34. The van der Waals surface area contributed by atoms with E-state index in [-0.39, 0.29) is 31.1 Å². The third-order valence-corrected chi connectivity index (χ3v) is 12.0. The van der Waals surface area contributed by atoms with Crippen LogP contribution in [0.1, 0.15) is 87.5 Å². The first kappa shape index (κ1) is 35.5. The second-order valence-electron chi connectivity index (χ2n) is 15.8. The number of cyclic esters (lactones) is 1. The quantitative estimate of drug-likeness (QED) is 0.329. The molecule has 0 amide bonds. The van der Waals surface area contributed by atoms with Crippen LogP contribution in [0.4, 0.5) is 0 Å². The van der Waals surface area contributed by atoms with Crippen LogP contribution in [0.5, 0.6) is 0 Å². The molecule has 0 radical (unpaired) electrons. The predicted molar refractivity (Wildman–Crippen MR) is 169 cm³/mol. The van der Waals surface area contributed by atoms with Crippen molar-refractivity contribution in [3.8, 4) is 0 Å². The Balaban J connectivity index is 1.41. The lowest BCUT2D eigenvalue weighted by molar-refractivity contribution is -0.420. The van der Waals surface area contributed by atoms with Crippen LogP contribution >= 0.6 is 0 Å². The maximum Gasteiger partial charge on any atom is 0.317 e. The average Bonchev–Trinajstić information content (AvgIpc) is 3.65. The average molecular weight is 668 g/mol. The number of hydrogen-bond donors (Lipinski definition) is 2. The van der Waals surface area contributed by atoms with Crippen LogP contribution in [-0.2, 0) is 42.7 Å². The van der Waals surface area contributed by atoms with Gasteiger partial charge in [-0.15, -0.1) is 0 Å². The predicted octanol–water partition coefficient (Wildman–Crippen LogP) is 3.26. The summed E-state index contributed by atoms with van der Waals surface area (Å²) in [5.74, 6) is -4.15. The van der Waals surface area contributed by atoms with E-state index in [9.17, 15) is 15.0 Å². The van der Waals surface area contributed by atoms with E-state index in [0.717, 1.165) is 12.0 Å². The molecule has 12 heteroatoms. The van der Waals surface area contributed by atoms with Crippen molar-refractivity contribution in [3.63, 3.8) is 0 Å². The molecule has 7 unspecified atom stereocenters. The summed E-state index contributed by atoms with van der Waals surface area (Å²) in [5, 5.41) is 23.5. The molecule has 47 heavy (non-hydrogen) atoms. The molecule has 0 aromatic rings. The van der Waals surface area contributed by atoms with Crippen molar-refractivity contribution in [2.75, 3.05) is 21.2 Å². The highest BCUT2D eigenvalue weighted by Gasteiger charge is 2.77. The van der Waals surface area contributed by atoms with Crippen LogP contribution in [0.3, 0.4) is 0 Å². The summed E-state index contributed by atoms with van der Waals surface area (Å²) in [6.07, 6.45) is -2.25. The van der Waals surface area contributed by atoms with Crippen LogP contribution < -0.4 is 0 Å². The Morgan fingerprint density at radius 3 is 2.40 bits per heavy atom. The van der Waals surface area contributed by atoms with E-state index < -0.39 is 83.3 Å². The standard InChI is InChI=1S/C35H57NO11/c1-12-23-33(8,39)28(37)19(4)26-17(2)15-32(7,45-26)29(43-24-14-22(36(9)10)13-18(3)41-24)20(5)27-25(31(38)42-23)34(46-27)16-35(40-11)30(47-35)21(6)44-34/h18-25,27-30,37,39H,12-16H2,1-11H3/t18?,19-,20-,21?,22?,23+,24?,25+,27-,28+,29+,30?,32+,33+,34?,35?/m0/s1. The molecule has 6 heterocycles. The largest absolute Gasteiger partial charge is 0.489 e. The van der Waals surface area contributed by atoms with Crippen molar-refractivity contribution in [2.45, 2.75) is 165 Å². The number of carbonyl (C=O) groups excluding carboxylic acids is 1. The van der Waals surface area contributed by atoms with Gasteiger partial charge in [0.1, 0.15) is 41.2 Å². The fourth-order valence-corrected chi connectivity index (χ4v) is 9.34. The normalized spacial score (nSPS) is 53.2. The molecule has 268 valence electrons. The van der Waals surface area contributed by atoms with Gasteiger partial charge in [-0.05, 0) is 67.1 Å². The van der Waals surface area contributed by atoms with Gasteiger partial charge in [0.25, 0.3) is 0 Å². The number of ether oxygens (including phenoxy) is 8. The van der Waals surface area contributed by atoms with Crippen LogP contribution in [0, 0.1) is 17.8 Å². The van der Waals surface area contributed by atoms with Crippen LogP contribution in [-0.4, -0.2) is 120 Å². The summed E-state index contributed by atoms with van der Waals surface area (Å²) in [5.41, 5.74) is -1.71. The molecule has 6 aliphatic heterocycles. The lowest BCUT2D eigenvalue weighted by Gasteiger charge is -2.58. The summed E-state index contributed by atoms with van der Waals surface area (Å²) in [6.45, 7) is 15.1. The van der Waals surface area contributed by atoms with E-state index in [0.29, 0.717) is 18.6 Å². The molecule has 0 aromatic heterocycles. The monoisotopic (exact) mass is 667 g/mol. The molecule has 5 fully saturated rings. The van der Waals surface area contributed by atoms with Crippen molar-refractivity contribution >= 4 is 5.97 Å². The third kappa shape index (κ3) is 5.77. The van der Waals surface area contributed by atoms with E-state index >= 15 is 0 Å². The number of aliphatic hydroxyl groups is 2. The number of rotatable bonds is 5. The topological polar surface area (TPSA) is 138 Å². The minimum atomic E-state index is -1.78. The van der Waals surface area contributed by atoms with E-state index in [1.54, 1.807) is 7.11 Å². The molecule has 6 rings (SSSR count). The zero-order chi connectivity index (χ0) is 34.4. The Labute approximate surface area is 279 Å². The zero-order valence-corrected chi connectivity index (χ0v) is 30.0. The number of carbonyl (C=O) groups is 1. The molecule has 0 saturated carbocycles. The number of hydrogen-bond acceptors (Lipinski definition) is 12. The first-order valence-electron chi connectivity index (χ1n) is 17.5. The Hall–Kier alpha value is -1.35. The molecule has 5 saturated heterocycles. The summed E-state index contributed by atoms with van der Waals surface area (Å²) >= 11 is 0. The van der Waals surface area contributed by atoms with Crippen LogP contribution in [0.25, 0.3) is 0 Å². The summed E-state index contributed by atoms with van der Waals surface area (Å²) in [4.78, 5) is 16.6. The van der Waals surface area contributed by atoms with Crippen molar-refractivity contribution in [3.05, 3.63) is 11.3 Å². The van der Waals surface area contributed by atoms with E-state index in [2.05, 4.69) is 25.9 Å². The number of aliphatic hydroxyl groups excluding tert-OH is 1. The Kier molecular flexibility index (Phi) is 9.18. The van der Waals surface area contributed by atoms with Crippen molar-refractivity contribution in [2.24, 2.45) is 17.8 Å². The van der Waals surface area contributed by atoms with Gasteiger partial charge in [0.2, 0.25) is 5.79 Å². The molecule has 0 aromatic carbocycles. The summed E-state index contributed by atoms with van der Waals surface area (Å²) in [6, 6.07) is 0.268. The number of methoxy groups -OCH3 is 1. The van der Waals surface area contributed by atoms with Gasteiger partial charge >= 0.3 is 5.97 Å². The minimum absolute atomic E-state index is 0.0119. The Bertz CT molecular complexity index is 1240. The molecule has 6 aliphatic rings. The Morgan fingerprint density at radius 2 is 1.77 bits per heavy atom. The highest BCUT2D eigenvalue weighted by atomic mass is 16.8. The maximum atomic E-state index is 14.4. The van der Waals surface area contributed by atoms with Gasteiger partial charge in [0.05, 0.1) is 30.8 Å². The second kappa shape index (κ2) is 12.2. The lowest BCUT2D eigenvalue weighted by Crippen LogP contribution is -2.72. The van der Waals surface area contributed by atoms with Gasteiger partial charge in [-0.25, -0.2) is 0 Å². The molecule has 12 nitrogen and oxygen atoms in total. The smallest absolute Gasteiger partial charge is 0.317 e. The summed E-state index contributed by atoms with van der Waals surface area (Å²) in [7, 11) is 5.72. The molecular weight excluding hydrogens is 610 g/mol. The van der Waals surface area contributed by atoms with Gasteiger partial charge in [0.15, 0.2) is 12.1 Å². The Morgan fingerprint density at radius 1 is 1.06 bits per heavy atom. The van der Waals surface area contributed by atoms with E-state index in [1.807, 2.05) is 41.5 Å². The van der Waals surface area contributed by atoms with Gasteiger partial charge in [-0.2, -0.15) is 0 Å². The summed E-state index contributed by atoms with van der Waals surface area (Å²) < 4.78 is 51.3. The SMILES string of the molecule is CC[C@H]1OC(=O)[C@H]2[C@@H](OC23CC2(OC)OC2C(C)O3)[C@H](C)[C@@H](OC2CC(N(C)C)CC(C)O2)[C@@]2(C)CC(C)=C(O2)[C@H](C)[C@@H](O)[C@]1(C)O. The highest BCUT2D eigenvalue weighted by molar-refractivity contribution is 5.76. The number of fused-ring (bicyclic) bond motifs is 5. The van der Waals surface area contributed by atoms with Crippen molar-refractivity contribution in [1.82, 2.24) is 4.90 Å². The lowest BCUT2D eigenvalue weighted by atomic mass is 9.71. The maximum absolute atomic E-state index is 14.4. The number of esters is 1. The first-order chi connectivity index (χ1) is 21.9. The van der Waals surface area contributed by atoms with Gasteiger partial charge in [-0.3, -0.25) is 4.79 Å². The van der Waals surface area contributed by atoms with Crippen molar-refractivity contribution in [1.29, 1.82) is 0 Å². The fraction of sp³-hybridized carbons (Fsp3) is 0.914. The molecule has 0 aliphatic carbocycles. The van der Waals surface area contributed by atoms with Crippen LogP contribution in [0.2, 0.25) is 0 Å². The highest BCUT2D eigenvalue weighted by Crippen LogP contribution is 2.61. The number of epoxide rings is 1. The zero-order valence-electron chi connectivity index (χ0n) is 30.0. The van der Waals surface area contributed by atoms with Gasteiger partial charge in [0, 0.05) is 37.8 Å². The second-order valence-corrected chi connectivity index (χ2v) is 15.8. The minimum Gasteiger partial charge on any atom is -0.489 e. The number of nitrogens with zero attached hydrogens (tertiary/aromatic N) is 1. The first-order valence-corrected chi connectivity index (χ1v) is 17.5. The molecule has 2 N–H and O–H groups in total. The van der Waals surface area contributed by atoms with E-state index in [1.165, 1.54) is 6.92 Å². The molecular formula is C35H57NO11. The van der Waals surface area contributed by atoms with Gasteiger partial charge < -0.3 is 53.0 Å². The van der Waals surface area contributed by atoms with Gasteiger partial charge in [-0.1, -0.05) is 20.8 Å². The molecule has 2 bridgehead atoms. The van der Waals surface area contributed by atoms with Crippen LogP contribution in [0.15, 0.2) is 11.3 Å². The van der Waals surface area contributed by atoms with Crippen molar-refractivity contribution < 1.29 is 52.9 Å².